The van der Waals surface area contributed by atoms with Gasteiger partial charge in [0.25, 0.3) is 0 Å². The Kier molecular flexibility index (Phi) is 3.74. The van der Waals surface area contributed by atoms with Crippen molar-refractivity contribution in [1.29, 1.82) is 0 Å². The van der Waals surface area contributed by atoms with Crippen molar-refractivity contribution in [2.45, 2.75) is 32.4 Å². The minimum atomic E-state index is -4.33. The fraction of sp³-hybridized carbons (Fsp3) is 0.294. The number of phenolic OH excluding ortho intramolecular Hbond substituents is 1. The first-order valence-electron chi connectivity index (χ1n) is 6.60. The second-order valence-corrected chi connectivity index (χ2v) is 6.06. The number of alkyl halides is 3. The van der Waals surface area contributed by atoms with Crippen molar-refractivity contribution in [2.75, 3.05) is 0 Å². The third-order valence-electron chi connectivity index (χ3n) is 3.35. The molecule has 0 aliphatic heterocycles. The van der Waals surface area contributed by atoms with E-state index in [-0.39, 0.29) is 11.2 Å². The zero-order valence-corrected chi connectivity index (χ0v) is 12.1. The Morgan fingerprint density at radius 3 is 1.81 bits per heavy atom. The molecule has 0 heterocycles. The number of halogens is 3. The van der Waals surface area contributed by atoms with E-state index in [4.69, 9.17) is 0 Å². The molecule has 4 heteroatoms. The van der Waals surface area contributed by atoms with Crippen LogP contribution in [0, 0.1) is 0 Å². The molecule has 21 heavy (non-hydrogen) atoms. The van der Waals surface area contributed by atoms with Gasteiger partial charge in [-0.25, -0.2) is 0 Å². The number of hydrogen-bond donors (Lipinski definition) is 1. The highest BCUT2D eigenvalue weighted by Gasteiger charge is 2.30. The van der Waals surface area contributed by atoms with Crippen LogP contribution >= 0.6 is 0 Å². The van der Waals surface area contributed by atoms with Gasteiger partial charge in [-0.15, -0.1) is 0 Å². The Morgan fingerprint density at radius 2 is 1.33 bits per heavy atom. The Morgan fingerprint density at radius 1 is 0.810 bits per heavy atom. The highest BCUT2D eigenvalue weighted by molar-refractivity contribution is 5.66. The van der Waals surface area contributed by atoms with Crippen molar-refractivity contribution in [1.82, 2.24) is 0 Å². The molecule has 0 fully saturated rings. The maximum Gasteiger partial charge on any atom is 0.416 e. The van der Waals surface area contributed by atoms with Crippen LogP contribution in [0.4, 0.5) is 13.2 Å². The zero-order chi connectivity index (χ0) is 15.8. The zero-order valence-electron chi connectivity index (χ0n) is 12.1. The molecule has 0 spiro atoms. The van der Waals surface area contributed by atoms with Crippen LogP contribution in [-0.2, 0) is 11.6 Å². The average molecular weight is 294 g/mol. The number of hydrogen-bond acceptors (Lipinski definition) is 1. The van der Waals surface area contributed by atoms with Crippen molar-refractivity contribution in [3.8, 4) is 16.9 Å². The number of phenols is 1. The predicted molar refractivity (Wildman–Crippen MR) is 77.2 cm³/mol. The second kappa shape index (κ2) is 5.10. The SMILES string of the molecule is CC(C)(C)c1cc(-c2ccc(C(F)(F)F)cc2)ccc1O. The fourth-order valence-electron chi connectivity index (χ4n) is 2.17. The summed E-state index contributed by atoms with van der Waals surface area (Å²) in [4.78, 5) is 0. The molecule has 2 rings (SSSR count). The summed E-state index contributed by atoms with van der Waals surface area (Å²) in [6.45, 7) is 5.91. The van der Waals surface area contributed by atoms with Gasteiger partial charge in [-0.3, -0.25) is 0 Å². The van der Waals surface area contributed by atoms with Crippen molar-refractivity contribution in [3.05, 3.63) is 53.6 Å². The fourth-order valence-corrected chi connectivity index (χ4v) is 2.17. The van der Waals surface area contributed by atoms with Gasteiger partial charge in [-0.2, -0.15) is 13.2 Å². The van der Waals surface area contributed by atoms with Crippen molar-refractivity contribution in [2.24, 2.45) is 0 Å². The molecule has 0 saturated heterocycles. The third-order valence-corrected chi connectivity index (χ3v) is 3.35. The first-order chi connectivity index (χ1) is 9.59. The molecule has 0 saturated carbocycles. The maximum absolute atomic E-state index is 12.6. The van der Waals surface area contributed by atoms with E-state index in [2.05, 4.69) is 0 Å². The van der Waals surface area contributed by atoms with E-state index in [1.54, 1.807) is 12.1 Å². The third kappa shape index (κ3) is 3.38. The minimum Gasteiger partial charge on any atom is -0.508 e. The molecule has 0 bridgehead atoms. The Hall–Kier alpha value is -1.97. The van der Waals surface area contributed by atoms with Crippen LogP contribution < -0.4 is 0 Å². The lowest BCUT2D eigenvalue weighted by Crippen LogP contribution is -2.11. The summed E-state index contributed by atoms with van der Waals surface area (Å²) in [5, 5.41) is 9.92. The Labute approximate surface area is 122 Å². The summed E-state index contributed by atoms with van der Waals surface area (Å²) >= 11 is 0. The van der Waals surface area contributed by atoms with Gasteiger partial charge in [-0.05, 0) is 46.4 Å². The van der Waals surface area contributed by atoms with Gasteiger partial charge in [0.2, 0.25) is 0 Å². The summed E-state index contributed by atoms with van der Waals surface area (Å²) in [6, 6.07) is 10.1. The van der Waals surface area contributed by atoms with Gasteiger partial charge in [0.1, 0.15) is 5.75 Å². The van der Waals surface area contributed by atoms with Crippen LogP contribution in [0.3, 0.4) is 0 Å². The normalized spacial score (nSPS) is 12.5. The summed E-state index contributed by atoms with van der Waals surface area (Å²) in [5.41, 5.74) is 1.33. The molecule has 0 unspecified atom stereocenters. The standard InChI is InChI=1S/C17H17F3O/c1-16(2,3)14-10-12(6-9-15(14)21)11-4-7-13(8-5-11)17(18,19)20/h4-10,21H,1-3H3. The molecule has 112 valence electrons. The van der Waals surface area contributed by atoms with Crippen molar-refractivity contribution >= 4 is 0 Å². The van der Waals surface area contributed by atoms with Crippen LogP contribution in [-0.4, -0.2) is 5.11 Å². The summed E-state index contributed by atoms with van der Waals surface area (Å²) in [6.07, 6.45) is -4.33. The molecule has 0 aliphatic rings. The largest absolute Gasteiger partial charge is 0.508 e. The average Bonchev–Trinajstić information content (AvgIpc) is 2.37. The lowest BCUT2D eigenvalue weighted by atomic mass is 9.84. The van der Waals surface area contributed by atoms with Crippen LogP contribution in [0.1, 0.15) is 31.9 Å². The lowest BCUT2D eigenvalue weighted by molar-refractivity contribution is -0.137. The first kappa shape index (κ1) is 15.4. The number of rotatable bonds is 1. The van der Waals surface area contributed by atoms with Crippen LogP contribution in [0.5, 0.6) is 5.75 Å². The highest BCUT2D eigenvalue weighted by Crippen LogP contribution is 2.35. The van der Waals surface area contributed by atoms with E-state index >= 15 is 0 Å². The van der Waals surface area contributed by atoms with Crippen molar-refractivity contribution in [3.63, 3.8) is 0 Å². The van der Waals surface area contributed by atoms with Crippen molar-refractivity contribution < 1.29 is 18.3 Å². The van der Waals surface area contributed by atoms with Gasteiger partial charge >= 0.3 is 6.18 Å². The Balaban J connectivity index is 2.44. The molecule has 2 aromatic carbocycles. The van der Waals surface area contributed by atoms with E-state index in [0.717, 1.165) is 23.3 Å². The molecule has 1 nitrogen and oxygen atoms in total. The molecule has 0 amide bonds. The van der Waals surface area contributed by atoms with Gasteiger partial charge in [0.05, 0.1) is 5.56 Å². The molecule has 1 N–H and O–H groups in total. The molecule has 0 aliphatic carbocycles. The van der Waals surface area contributed by atoms with Crippen LogP contribution in [0.25, 0.3) is 11.1 Å². The molecule has 0 radical (unpaired) electrons. The molecular formula is C17H17F3O. The van der Waals surface area contributed by atoms with E-state index in [0.29, 0.717) is 5.56 Å². The molecular weight excluding hydrogens is 277 g/mol. The second-order valence-electron chi connectivity index (χ2n) is 6.06. The maximum atomic E-state index is 12.6. The first-order valence-corrected chi connectivity index (χ1v) is 6.60. The van der Waals surface area contributed by atoms with E-state index in [1.165, 1.54) is 12.1 Å². The van der Waals surface area contributed by atoms with Crippen LogP contribution in [0.15, 0.2) is 42.5 Å². The van der Waals surface area contributed by atoms with Gasteiger partial charge in [0, 0.05) is 0 Å². The molecule has 0 aromatic heterocycles. The van der Waals surface area contributed by atoms with E-state index in [1.807, 2.05) is 26.8 Å². The smallest absolute Gasteiger partial charge is 0.416 e. The van der Waals surface area contributed by atoms with Gasteiger partial charge < -0.3 is 5.11 Å². The summed E-state index contributed by atoms with van der Waals surface area (Å²) in [5.74, 6) is 0.193. The number of aromatic hydroxyl groups is 1. The van der Waals surface area contributed by atoms with E-state index in [9.17, 15) is 18.3 Å². The topological polar surface area (TPSA) is 20.2 Å². The molecule has 2 aromatic rings. The quantitative estimate of drug-likeness (QED) is 0.749. The van der Waals surface area contributed by atoms with Gasteiger partial charge in [-0.1, -0.05) is 39.0 Å². The van der Waals surface area contributed by atoms with E-state index < -0.39 is 11.7 Å². The van der Waals surface area contributed by atoms with Gasteiger partial charge in [0.15, 0.2) is 0 Å². The highest BCUT2D eigenvalue weighted by atomic mass is 19.4. The van der Waals surface area contributed by atoms with Crippen LogP contribution in [0.2, 0.25) is 0 Å². The predicted octanol–water partition coefficient (Wildman–Crippen LogP) is 5.38. The number of benzene rings is 2. The lowest BCUT2D eigenvalue weighted by Gasteiger charge is -2.21. The molecule has 0 atom stereocenters. The monoisotopic (exact) mass is 294 g/mol. The Bertz CT molecular complexity index is 635. The minimum absolute atomic E-state index is 0.193. The summed E-state index contributed by atoms with van der Waals surface area (Å²) in [7, 11) is 0. The summed E-state index contributed by atoms with van der Waals surface area (Å²) < 4.78 is 37.7.